The molecule has 0 radical (unpaired) electrons. The molecular weight excluding hydrogens is 314 g/mol. The van der Waals surface area contributed by atoms with Crippen molar-refractivity contribution >= 4 is 15.9 Å². The summed E-state index contributed by atoms with van der Waals surface area (Å²) >= 11 is 3.53. The zero-order chi connectivity index (χ0) is 13.8. The van der Waals surface area contributed by atoms with Gasteiger partial charge < -0.3 is 9.88 Å². The molecule has 3 rings (SSSR count). The average Bonchev–Trinajstić information content (AvgIpc) is 2.95. The summed E-state index contributed by atoms with van der Waals surface area (Å²) in [6.45, 7) is 3.11. The van der Waals surface area contributed by atoms with Gasteiger partial charge in [0.25, 0.3) is 0 Å². The summed E-state index contributed by atoms with van der Waals surface area (Å²) in [5.74, 6) is 0. The van der Waals surface area contributed by atoms with Gasteiger partial charge in [0.2, 0.25) is 0 Å². The highest BCUT2D eigenvalue weighted by atomic mass is 79.9. The van der Waals surface area contributed by atoms with Crippen LogP contribution in [0.3, 0.4) is 0 Å². The van der Waals surface area contributed by atoms with Gasteiger partial charge in [0.1, 0.15) is 0 Å². The van der Waals surface area contributed by atoms with E-state index in [1.807, 2.05) is 18.6 Å². The van der Waals surface area contributed by atoms with Crippen molar-refractivity contribution in [2.75, 3.05) is 13.1 Å². The van der Waals surface area contributed by atoms with Crippen LogP contribution >= 0.6 is 15.9 Å². The molecule has 0 saturated carbocycles. The molecule has 1 aromatic carbocycles. The second-order valence-electron chi connectivity index (χ2n) is 5.05. The molecule has 4 heteroatoms. The van der Waals surface area contributed by atoms with Gasteiger partial charge in [-0.15, -0.1) is 0 Å². The molecule has 2 heterocycles. The molecule has 1 aliphatic rings. The number of imidazole rings is 1. The highest BCUT2D eigenvalue weighted by molar-refractivity contribution is 9.10. The molecule has 0 amide bonds. The van der Waals surface area contributed by atoms with Crippen LogP contribution in [-0.2, 0) is 6.54 Å². The van der Waals surface area contributed by atoms with Gasteiger partial charge in [-0.1, -0.05) is 39.7 Å². The third-order valence-corrected chi connectivity index (χ3v) is 4.16. The molecule has 0 saturated heterocycles. The lowest BCUT2D eigenvalue weighted by atomic mass is 10.1. The number of halogens is 1. The monoisotopic (exact) mass is 331 g/mol. The normalized spacial score (nSPS) is 15.2. The molecule has 0 spiro atoms. The Morgan fingerprint density at radius 3 is 3.10 bits per heavy atom. The highest BCUT2D eigenvalue weighted by Crippen LogP contribution is 2.23. The van der Waals surface area contributed by atoms with E-state index in [9.17, 15) is 0 Å². The van der Waals surface area contributed by atoms with E-state index in [2.05, 4.69) is 55.1 Å². The van der Waals surface area contributed by atoms with Crippen LogP contribution in [0.25, 0.3) is 11.3 Å². The topological polar surface area (TPSA) is 29.9 Å². The SMILES string of the molecule is Brc1cccc(-c2cncn2CCC2=CCNCC2)c1. The first-order valence-electron chi connectivity index (χ1n) is 6.97. The third-order valence-electron chi connectivity index (χ3n) is 3.66. The van der Waals surface area contributed by atoms with Crippen molar-refractivity contribution in [1.82, 2.24) is 14.9 Å². The highest BCUT2D eigenvalue weighted by Gasteiger charge is 2.07. The lowest BCUT2D eigenvalue weighted by molar-refractivity contribution is 0.633. The first kappa shape index (κ1) is 13.6. The average molecular weight is 332 g/mol. The second-order valence-corrected chi connectivity index (χ2v) is 5.96. The molecule has 0 aliphatic carbocycles. The maximum Gasteiger partial charge on any atom is 0.0951 e. The predicted octanol–water partition coefficient (Wildman–Crippen LogP) is 3.62. The zero-order valence-corrected chi connectivity index (χ0v) is 12.9. The van der Waals surface area contributed by atoms with E-state index in [0.717, 1.165) is 30.5 Å². The van der Waals surface area contributed by atoms with E-state index in [4.69, 9.17) is 0 Å². The Kier molecular flexibility index (Phi) is 4.33. The Balaban J connectivity index is 1.75. The van der Waals surface area contributed by atoms with Crippen molar-refractivity contribution < 1.29 is 0 Å². The molecule has 1 N–H and O–H groups in total. The Morgan fingerprint density at radius 2 is 2.30 bits per heavy atom. The van der Waals surface area contributed by atoms with Gasteiger partial charge in [0.05, 0.1) is 18.2 Å². The summed E-state index contributed by atoms with van der Waals surface area (Å²) in [5, 5.41) is 3.35. The van der Waals surface area contributed by atoms with Crippen molar-refractivity contribution in [3.63, 3.8) is 0 Å². The van der Waals surface area contributed by atoms with E-state index in [1.165, 1.54) is 17.7 Å². The van der Waals surface area contributed by atoms with Gasteiger partial charge in [0, 0.05) is 23.1 Å². The van der Waals surface area contributed by atoms with Crippen LogP contribution < -0.4 is 5.32 Å². The molecule has 3 nitrogen and oxygen atoms in total. The van der Waals surface area contributed by atoms with E-state index < -0.39 is 0 Å². The second kappa shape index (κ2) is 6.37. The van der Waals surface area contributed by atoms with Gasteiger partial charge in [-0.25, -0.2) is 4.98 Å². The molecule has 0 unspecified atom stereocenters. The van der Waals surface area contributed by atoms with Gasteiger partial charge in [-0.2, -0.15) is 0 Å². The summed E-state index contributed by atoms with van der Waals surface area (Å²) in [6, 6.07) is 8.37. The number of rotatable bonds is 4. The fourth-order valence-corrected chi connectivity index (χ4v) is 2.95. The summed E-state index contributed by atoms with van der Waals surface area (Å²) < 4.78 is 3.34. The molecule has 2 aromatic rings. The lowest BCUT2D eigenvalue weighted by Crippen LogP contribution is -2.21. The lowest BCUT2D eigenvalue weighted by Gasteiger charge is -2.15. The Morgan fingerprint density at radius 1 is 1.35 bits per heavy atom. The van der Waals surface area contributed by atoms with Gasteiger partial charge in [-0.3, -0.25) is 0 Å². The number of hydrogen-bond acceptors (Lipinski definition) is 2. The number of benzene rings is 1. The maximum atomic E-state index is 4.31. The number of nitrogens with one attached hydrogen (secondary N) is 1. The van der Waals surface area contributed by atoms with Gasteiger partial charge in [0.15, 0.2) is 0 Å². The largest absolute Gasteiger partial charge is 0.330 e. The van der Waals surface area contributed by atoms with E-state index >= 15 is 0 Å². The van der Waals surface area contributed by atoms with Crippen molar-refractivity contribution in [1.29, 1.82) is 0 Å². The van der Waals surface area contributed by atoms with Crippen molar-refractivity contribution in [2.45, 2.75) is 19.4 Å². The summed E-state index contributed by atoms with van der Waals surface area (Å²) in [4.78, 5) is 4.31. The molecule has 0 atom stereocenters. The third kappa shape index (κ3) is 3.19. The Hall–Kier alpha value is -1.39. The van der Waals surface area contributed by atoms with E-state index in [0.29, 0.717) is 0 Å². The summed E-state index contributed by atoms with van der Waals surface area (Å²) in [7, 11) is 0. The van der Waals surface area contributed by atoms with Crippen LogP contribution in [0.5, 0.6) is 0 Å². The number of nitrogens with zero attached hydrogens (tertiary/aromatic N) is 2. The Labute approximate surface area is 127 Å². The number of hydrogen-bond donors (Lipinski definition) is 1. The molecule has 104 valence electrons. The van der Waals surface area contributed by atoms with Crippen LogP contribution in [0.2, 0.25) is 0 Å². The minimum absolute atomic E-state index is 0.994. The quantitative estimate of drug-likeness (QED) is 0.867. The summed E-state index contributed by atoms with van der Waals surface area (Å²) in [5.41, 5.74) is 3.94. The minimum atomic E-state index is 0.994. The smallest absolute Gasteiger partial charge is 0.0951 e. The molecule has 0 fully saturated rings. The van der Waals surface area contributed by atoms with E-state index in [-0.39, 0.29) is 0 Å². The summed E-state index contributed by atoms with van der Waals surface area (Å²) in [6.07, 6.45) is 8.47. The Bertz CT molecular complexity index is 616. The fraction of sp³-hybridized carbons (Fsp3) is 0.312. The maximum absolute atomic E-state index is 4.31. The van der Waals surface area contributed by atoms with Gasteiger partial charge in [-0.05, 0) is 31.5 Å². The van der Waals surface area contributed by atoms with Crippen molar-refractivity contribution in [2.24, 2.45) is 0 Å². The van der Waals surface area contributed by atoms with Gasteiger partial charge >= 0.3 is 0 Å². The van der Waals surface area contributed by atoms with Crippen LogP contribution in [0, 0.1) is 0 Å². The zero-order valence-electron chi connectivity index (χ0n) is 11.3. The first-order chi connectivity index (χ1) is 9.83. The van der Waals surface area contributed by atoms with E-state index in [1.54, 1.807) is 5.57 Å². The molecule has 1 aromatic heterocycles. The number of aryl methyl sites for hydroxylation is 1. The van der Waals surface area contributed by atoms with Crippen LogP contribution in [0.4, 0.5) is 0 Å². The minimum Gasteiger partial charge on any atom is -0.330 e. The van der Waals surface area contributed by atoms with Crippen molar-refractivity contribution in [3.05, 3.63) is 52.9 Å². The predicted molar refractivity (Wildman–Crippen MR) is 85.5 cm³/mol. The van der Waals surface area contributed by atoms with Crippen molar-refractivity contribution in [3.8, 4) is 11.3 Å². The molecule has 1 aliphatic heterocycles. The standard InChI is InChI=1S/C16H18BrN3/c17-15-3-1-2-14(10-15)16-11-19-12-20(16)9-6-13-4-7-18-8-5-13/h1-4,10-12,18H,5-9H2. The molecular formula is C16H18BrN3. The molecule has 0 bridgehead atoms. The van der Waals surface area contributed by atoms with Crippen LogP contribution in [0.15, 0.2) is 52.9 Å². The fourth-order valence-electron chi connectivity index (χ4n) is 2.55. The van der Waals surface area contributed by atoms with Crippen LogP contribution in [-0.4, -0.2) is 22.6 Å². The van der Waals surface area contributed by atoms with Crippen LogP contribution in [0.1, 0.15) is 12.8 Å². The molecule has 20 heavy (non-hydrogen) atoms. The first-order valence-corrected chi connectivity index (χ1v) is 7.77. The number of aromatic nitrogens is 2.